The summed E-state index contributed by atoms with van der Waals surface area (Å²) in [5.41, 5.74) is 3.06. The lowest BCUT2D eigenvalue weighted by atomic mass is 10.0. The summed E-state index contributed by atoms with van der Waals surface area (Å²) in [5.74, 6) is 0.301. The van der Waals surface area contributed by atoms with E-state index in [1.165, 1.54) is 19.1 Å². The molecule has 0 amide bonds. The van der Waals surface area contributed by atoms with E-state index in [9.17, 15) is 20.0 Å². The van der Waals surface area contributed by atoms with Crippen molar-refractivity contribution >= 4 is 11.8 Å². The highest BCUT2D eigenvalue weighted by molar-refractivity contribution is 5.57. The van der Waals surface area contributed by atoms with E-state index in [0.29, 0.717) is 24.4 Å². The van der Waals surface area contributed by atoms with E-state index in [1.807, 2.05) is 19.1 Å². The minimum atomic E-state index is -0.562. The second-order valence-electron chi connectivity index (χ2n) is 6.90. The molecule has 7 heteroatoms. The fourth-order valence-corrected chi connectivity index (χ4v) is 3.21. The molecule has 2 aromatic rings. The molecule has 146 valence electrons. The Morgan fingerprint density at radius 1 is 1.25 bits per heavy atom. The summed E-state index contributed by atoms with van der Waals surface area (Å²) in [6.07, 6.45) is 4.05. The van der Waals surface area contributed by atoms with Crippen LogP contribution in [0.3, 0.4) is 0 Å². The largest absolute Gasteiger partial charge is 0.507 e. The smallest absolute Gasteiger partial charge is 0.342 e. The van der Waals surface area contributed by atoms with Gasteiger partial charge in [-0.25, -0.2) is 4.79 Å². The number of rotatable bonds is 4. The molecular formula is C21H21NO6. The van der Waals surface area contributed by atoms with E-state index in [2.05, 4.69) is 0 Å². The van der Waals surface area contributed by atoms with Crippen molar-refractivity contribution in [3.8, 4) is 5.75 Å². The van der Waals surface area contributed by atoms with Gasteiger partial charge in [0.15, 0.2) is 0 Å². The third-order valence-electron chi connectivity index (χ3n) is 4.73. The number of allylic oxidation sites excluding steroid dienone is 2. The summed E-state index contributed by atoms with van der Waals surface area (Å²) in [6, 6.07) is 6.33. The van der Waals surface area contributed by atoms with Crippen molar-refractivity contribution in [1.29, 1.82) is 0 Å². The lowest BCUT2D eigenvalue weighted by molar-refractivity contribution is -0.384. The fraction of sp³-hybridized carbons (Fsp3) is 0.286. The SMILES string of the molecule is CC(/C=C1\CO[C@@H](c2oc(=O)c(C)c(O)c2C)C1)=C\c1ccc([N+](=O)[O-])cc1. The van der Waals surface area contributed by atoms with Crippen molar-refractivity contribution in [3.63, 3.8) is 0 Å². The Bertz CT molecular complexity index is 1030. The molecular weight excluding hydrogens is 362 g/mol. The van der Waals surface area contributed by atoms with Crippen molar-refractivity contribution in [2.24, 2.45) is 0 Å². The summed E-state index contributed by atoms with van der Waals surface area (Å²) < 4.78 is 11.1. The predicted molar refractivity (Wildman–Crippen MR) is 104 cm³/mol. The number of nitrogens with zero attached hydrogens (tertiary/aromatic N) is 1. The van der Waals surface area contributed by atoms with Gasteiger partial charge in [0.2, 0.25) is 0 Å². The van der Waals surface area contributed by atoms with E-state index >= 15 is 0 Å². The summed E-state index contributed by atoms with van der Waals surface area (Å²) in [6.45, 7) is 5.55. The van der Waals surface area contributed by atoms with Crippen LogP contribution in [0.15, 0.2) is 50.7 Å². The van der Waals surface area contributed by atoms with E-state index in [-0.39, 0.29) is 17.0 Å². The average Bonchev–Trinajstić information content (AvgIpc) is 3.11. The zero-order valence-electron chi connectivity index (χ0n) is 15.9. The van der Waals surface area contributed by atoms with Crippen molar-refractivity contribution < 1.29 is 19.2 Å². The van der Waals surface area contributed by atoms with Crippen LogP contribution in [-0.4, -0.2) is 16.6 Å². The number of benzene rings is 1. The summed E-state index contributed by atoms with van der Waals surface area (Å²) >= 11 is 0. The Morgan fingerprint density at radius 3 is 2.57 bits per heavy atom. The van der Waals surface area contributed by atoms with Crippen LogP contribution in [0.4, 0.5) is 5.69 Å². The Hall–Kier alpha value is -3.19. The zero-order chi connectivity index (χ0) is 20.4. The molecule has 0 aliphatic carbocycles. The van der Waals surface area contributed by atoms with Crippen molar-refractivity contribution in [2.75, 3.05) is 6.61 Å². The van der Waals surface area contributed by atoms with Gasteiger partial charge in [0.25, 0.3) is 5.69 Å². The number of ether oxygens (including phenoxy) is 1. The number of nitro groups is 1. The lowest BCUT2D eigenvalue weighted by Crippen LogP contribution is -2.10. The Kier molecular flexibility index (Phi) is 5.46. The quantitative estimate of drug-likeness (QED) is 0.621. The number of nitro benzene ring substituents is 1. The number of aromatic hydroxyl groups is 1. The molecule has 1 saturated heterocycles. The molecule has 28 heavy (non-hydrogen) atoms. The van der Waals surface area contributed by atoms with Gasteiger partial charge < -0.3 is 14.3 Å². The number of hydrogen-bond donors (Lipinski definition) is 1. The molecule has 1 aromatic heterocycles. The topological polar surface area (TPSA) is 103 Å². The number of hydrogen-bond acceptors (Lipinski definition) is 6. The summed E-state index contributed by atoms with van der Waals surface area (Å²) in [4.78, 5) is 22.1. The van der Waals surface area contributed by atoms with Gasteiger partial charge in [-0.2, -0.15) is 0 Å². The Labute approximate surface area is 161 Å². The van der Waals surface area contributed by atoms with Crippen LogP contribution in [0.5, 0.6) is 5.75 Å². The van der Waals surface area contributed by atoms with Gasteiger partial charge in [0, 0.05) is 24.1 Å². The minimum absolute atomic E-state index is 0.0541. The highest BCUT2D eigenvalue weighted by atomic mass is 16.6. The molecule has 0 spiro atoms. The molecule has 0 unspecified atom stereocenters. The van der Waals surface area contributed by atoms with Gasteiger partial charge in [0.05, 0.1) is 17.1 Å². The molecule has 1 aliphatic heterocycles. The van der Waals surface area contributed by atoms with E-state index in [4.69, 9.17) is 9.15 Å². The van der Waals surface area contributed by atoms with Gasteiger partial charge in [-0.05, 0) is 44.0 Å². The van der Waals surface area contributed by atoms with Crippen LogP contribution >= 0.6 is 0 Å². The van der Waals surface area contributed by atoms with E-state index in [1.54, 1.807) is 19.1 Å². The molecule has 0 radical (unpaired) electrons. The number of non-ortho nitro benzene ring substituents is 1. The highest BCUT2D eigenvalue weighted by Gasteiger charge is 2.28. The average molecular weight is 383 g/mol. The Morgan fingerprint density at radius 2 is 1.93 bits per heavy atom. The van der Waals surface area contributed by atoms with Crippen molar-refractivity contribution in [1.82, 2.24) is 0 Å². The van der Waals surface area contributed by atoms with Gasteiger partial charge in [-0.3, -0.25) is 10.1 Å². The standard InChI is InChI=1S/C21H21NO6/c1-12(8-15-4-6-17(7-5-15)22(25)26)9-16-10-18(27-11-16)20-13(2)19(23)14(3)21(24)28-20/h4-9,18,23H,10-11H2,1-3H3/b12-8+,16-9-/t18-/m1/s1. The highest BCUT2D eigenvalue weighted by Crippen LogP contribution is 2.36. The first-order valence-electron chi connectivity index (χ1n) is 8.83. The predicted octanol–water partition coefficient (Wildman–Crippen LogP) is 4.36. The van der Waals surface area contributed by atoms with E-state index < -0.39 is 16.7 Å². The second-order valence-corrected chi connectivity index (χ2v) is 6.90. The third kappa shape index (κ3) is 4.04. The van der Waals surface area contributed by atoms with Crippen LogP contribution in [0.25, 0.3) is 6.08 Å². The molecule has 3 rings (SSSR count). The molecule has 1 N–H and O–H groups in total. The van der Waals surface area contributed by atoms with Gasteiger partial charge in [0.1, 0.15) is 17.6 Å². The van der Waals surface area contributed by atoms with Crippen LogP contribution in [0.1, 0.15) is 41.9 Å². The first kappa shape index (κ1) is 19.6. The fourth-order valence-electron chi connectivity index (χ4n) is 3.21. The second kappa shape index (κ2) is 7.82. The van der Waals surface area contributed by atoms with Gasteiger partial charge in [-0.1, -0.05) is 17.7 Å². The molecule has 1 fully saturated rings. The molecule has 0 bridgehead atoms. The first-order valence-corrected chi connectivity index (χ1v) is 8.83. The first-order chi connectivity index (χ1) is 13.3. The van der Waals surface area contributed by atoms with Gasteiger partial charge >= 0.3 is 5.63 Å². The van der Waals surface area contributed by atoms with Crippen LogP contribution < -0.4 is 5.63 Å². The van der Waals surface area contributed by atoms with Crippen LogP contribution in [0.2, 0.25) is 0 Å². The van der Waals surface area contributed by atoms with Crippen LogP contribution in [-0.2, 0) is 4.74 Å². The summed E-state index contributed by atoms with van der Waals surface area (Å²) in [5, 5.41) is 20.8. The maximum Gasteiger partial charge on any atom is 0.342 e. The maximum atomic E-state index is 11.9. The van der Waals surface area contributed by atoms with Gasteiger partial charge in [-0.15, -0.1) is 0 Å². The molecule has 7 nitrogen and oxygen atoms in total. The molecule has 1 aliphatic rings. The van der Waals surface area contributed by atoms with Crippen molar-refractivity contribution in [3.05, 3.63) is 84.5 Å². The summed E-state index contributed by atoms with van der Waals surface area (Å²) in [7, 11) is 0. The normalized spacial score (nSPS) is 18.6. The monoisotopic (exact) mass is 383 g/mol. The minimum Gasteiger partial charge on any atom is -0.507 e. The molecule has 0 saturated carbocycles. The zero-order valence-corrected chi connectivity index (χ0v) is 15.9. The Balaban J connectivity index is 1.77. The van der Waals surface area contributed by atoms with Crippen molar-refractivity contribution in [2.45, 2.75) is 33.3 Å². The lowest BCUT2D eigenvalue weighted by Gasteiger charge is -2.12. The molecule has 1 atom stereocenters. The molecule has 1 aromatic carbocycles. The van der Waals surface area contributed by atoms with E-state index in [0.717, 1.165) is 16.7 Å². The van der Waals surface area contributed by atoms with Crippen LogP contribution in [0, 0.1) is 24.0 Å². The maximum absolute atomic E-state index is 11.9. The molecule has 2 heterocycles. The third-order valence-corrected chi connectivity index (χ3v) is 4.73.